The highest BCUT2D eigenvalue weighted by Gasteiger charge is 2.18. The largest absolute Gasteiger partial charge is 0.338 e. The molecule has 2 aromatic carbocycles. The lowest BCUT2D eigenvalue weighted by molar-refractivity contribution is 1.23. The zero-order chi connectivity index (χ0) is 19.1. The standard InChI is InChI=1S/C21H17Cl2N3S/c1-11-7-8-14(9-12(11)2)17-13(3)27-21-18(17)20(24-10-25-21)26-16-6-4-5-15(22)19(16)23/h4-10H,1-3H3,(H,24,25,26). The van der Waals surface area contributed by atoms with Gasteiger partial charge in [-0.1, -0.05) is 47.5 Å². The lowest BCUT2D eigenvalue weighted by atomic mass is 9.99. The number of benzene rings is 2. The Kier molecular flexibility index (Phi) is 4.81. The highest BCUT2D eigenvalue weighted by Crippen LogP contribution is 2.42. The van der Waals surface area contributed by atoms with Crippen molar-refractivity contribution in [1.82, 2.24) is 9.97 Å². The number of halogens is 2. The quantitative estimate of drug-likeness (QED) is 0.381. The molecular formula is C21H17Cl2N3S. The molecule has 0 unspecified atom stereocenters. The smallest absolute Gasteiger partial charge is 0.143 e. The van der Waals surface area contributed by atoms with E-state index in [2.05, 4.69) is 54.3 Å². The molecule has 0 radical (unpaired) electrons. The summed E-state index contributed by atoms with van der Waals surface area (Å²) in [5, 5.41) is 5.32. The molecule has 1 N–H and O–H groups in total. The summed E-state index contributed by atoms with van der Waals surface area (Å²) < 4.78 is 0. The van der Waals surface area contributed by atoms with Gasteiger partial charge in [-0.2, -0.15) is 0 Å². The molecule has 0 saturated carbocycles. The van der Waals surface area contributed by atoms with Gasteiger partial charge in [0.05, 0.1) is 21.1 Å². The first-order valence-corrected chi connectivity index (χ1v) is 10.1. The third kappa shape index (κ3) is 3.29. The maximum absolute atomic E-state index is 6.36. The Balaban J connectivity index is 1.92. The van der Waals surface area contributed by atoms with Crippen LogP contribution in [0.4, 0.5) is 11.5 Å². The maximum atomic E-state index is 6.36. The van der Waals surface area contributed by atoms with E-state index in [1.54, 1.807) is 23.7 Å². The topological polar surface area (TPSA) is 37.8 Å². The Labute approximate surface area is 172 Å². The van der Waals surface area contributed by atoms with Crippen LogP contribution in [0.1, 0.15) is 16.0 Å². The third-order valence-electron chi connectivity index (χ3n) is 4.66. The summed E-state index contributed by atoms with van der Waals surface area (Å²) in [6, 6.07) is 12.0. The number of rotatable bonds is 3. The van der Waals surface area contributed by atoms with Gasteiger partial charge in [0.2, 0.25) is 0 Å². The van der Waals surface area contributed by atoms with E-state index >= 15 is 0 Å². The van der Waals surface area contributed by atoms with Crippen LogP contribution in [0.25, 0.3) is 21.3 Å². The Bertz CT molecular complexity index is 1170. The van der Waals surface area contributed by atoms with Crippen molar-refractivity contribution in [2.45, 2.75) is 20.8 Å². The fourth-order valence-electron chi connectivity index (χ4n) is 3.11. The van der Waals surface area contributed by atoms with Gasteiger partial charge in [0.1, 0.15) is 17.0 Å². The number of aryl methyl sites for hydroxylation is 3. The fraction of sp³-hybridized carbons (Fsp3) is 0.143. The summed E-state index contributed by atoms with van der Waals surface area (Å²) in [5.41, 5.74) is 5.57. The van der Waals surface area contributed by atoms with Crippen LogP contribution < -0.4 is 5.32 Å². The second kappa shape index (κ2) is 7.12. The zero-order valence-corrected chi connectivity index (χ0v) is 17.4. The van der Waals surface area contributed by atoms with Crippen molar-refractivity contribution in [1.29, 1.82) is 0 Å². The molecule has 0 aliphatic heterocycles. The molecule has 0 saturated heterocycles. The summed E-state index contributed by atoms with van der Waals surface area (Å²) in [6.07, 6.45) is 1.57. The fourth-order valence-corrected chi connectivity index (χ4v) is 4.47. The van der Waals surface area contributed by atoms with E-state index in [0.29, 0.717) is 10.0 Å². The van der Waals surface area contributed by atoms with E-state index in [1.165, 1.54) is 16.0 Å². The number of hydrogen-bond donors (Lipinski definition) is 1. The molecule has 0 atom stereocenters. The van der Waals surface area contributed by atoms with Gasteiger partial charge in [-0.3, -0.25) is 0 Å². The van der Waals surface area contributed by atoms with Gasteiger partial charge in [-0.25, -0.2) is 9.97 Å². The van der Waals surface area contributed by atoms with Crippen molar-refractivity contribution in [2.75, 3.05) is 5.32 Å². The van der Waals surface area contributed by atoms with Gasteiger partial charge in [0, 0.05) is 10.4 Å². The van der Waals surface area contributed by atoms with Crippen LogP contribution in [0.5, 0.6) is 0 Å². The monoisotopic (exact) mass is 413 g/mol. The summed E-state index contributed by atoms with van der Waals surface area (Å²) in [7, 11) is 0. The molecule has 27 heavy (non-hydrogen) atoms. The van der Waals surface area contributed by atoms with Gasteiger partial charge in [-0.05, 0) is 49.6 Å². The predicted molar refractivity (Wildman–Crippen MR) is 117 cm³/mol. The molecule has 2 heterocycles. The SMILES string of the molecule is Cc1ccc(-c2c(C)sc3ncnc(Nc4cccc(Cl)c4Cl)c23)cc1C. The van der Waals surface area contributed by atoms with Gasteiger partial charge in [0.15, 0.2) is 0 Å². The number of fused-ring (bicyclic) bond motifs is 1. The Morgan fingerprint density at radius 3 is 2.56 bits per heavy atom. The number of aromatic nitrogens is 2. The summed E-state index contributed by atoms with van der Waals surface area (Å²) in [6.45, 7) is 6.37. The van der Waals surface area contributed by atoms with E-state index in [9.17, 15) is 0 Å². The Hall–Kier alpha value is -2.14. The second-order valence-electron chi connectivity index (χ2n) is 6.46. The number of nitrogens with zero attached hydrogens (tertiary/aromatic N) is 2. The average Bonchev–Trinajstić information content (AvgIpc) is 2.98. The minimum atomic E-state index is 0.477. The van der Waals surface area contributed by atoms with Crippen molar-refractivity contribution in [3.63, 3.8) is 0 Å². The molecule has 4 rings (SSSR count). The zero-order valence-electron chi connectivity index (χ0n) is 15.1. The van der Waals surface area contributed by atoms with Crippen molar-refractivity contribution in [3.8, 4) is 11.1 Å². The third-order valence-corrected chi connectivity index (χ3v) is 6.50. The lowest BCUT2D eigenvalue weighted by Crippen LogP contribution is -1.97. The van der Waals surface area contributed by atoms with Crippen molar-refractivity contribution in [2.24, 2.45) is 0 Å². The van der Waals surface area contributed by atoms with Crippen LogP contribution in [0.15, 0.2) is 42.7 Å². The molecule has 0 bridgehead atoms. The van der Waals surface area contributed by atoms with Gasteiger partial charge in [0.25, 0.3) is 0 Å². The lowest BCUT2D eigenvalue weighted by Gasteiger charge is -2.11. The first kappa shape index (κ1) is 18.2. The first-order chi connectivity index (χ1) is 13.0. The summed E-state index contributed by atoms with van der Waals surface area (Å²) in [4.78, 5) is 11.1. The molecule has 0 spiro atoms. The molecule has 4 aromatic rings. The maximum Gasteiger partial charge on any atom is 0.143 e. The molecule has 2 aromatic heterocycles. The van der Waals surface area contributed by atoms with Crippen molar-refractivity contribution < 1.29 is 0 Å². The molecule has 0 amide bonds. The molecule has 136 valence electrons. The van der Waals surface area contributed by atoms with E-state index in [1.807, 2.05) is 12.1 Å². The van der Waals surface area contributed by atoms with E-state index in [-0.39, 0.29) is 0 Å². The van der Waals surface area contributed by atoms with E-state index < -0.39 is 0 Å². The average molecular weight is 414 g/mol. The highest BCUT2D eigenvalue weighted by molar-refractivity contribution is 7.19. The van der Waals surface area contributed by atoms with E-state index in [4.69, 9.17) is 23.2 Å². The van der Waals surface area contributed by atoms with Crippen molar-refractivity contribution >= 4 is 56.3 Å². The van der Waals surface area contributed by atoms with Crippen LogP contribution in [0, 0.1) is 20.8 Å². The van der Waals surface area contributed by atoms with Crippen LogP contribution in [-0.4, -0.2) is 9.97 Å². The van der Waals surface area contributed by atoms with Crippen LogP contribution >= 0.6 is 34.5 Å². The van der Waals surface area contributed by atoms with Crippen LogP contribution in [0.3, 0.4) is 0 Å². The first-order valence-electron chi connectivity index (χ1n) is 8.48. The molecule has 0 aliphatic rings. The number of thiophene rings is 1. The highest BCUT2D eigenvalue weighted by atomic mass is 35.5. The Morgan fingerprint density at radius 1 is 0.963 bits per heavy atom. The van der Waals surface area contributed by atoms with Gasteiger partial charge >= 0.3 is 0 Å². The molecule has 6 heteroatoms. The van der Waals surface area contributed by atoms with Gasteiger partial charge < -0.3 is 5.32 Å². The minimum Gasteiger partial charge on any atom is -0.338 e. The van der Waals surface area contributed by atoms with E-state index in [0.717, 1.165) is 32.8 Å². The predicted octanol–water partition coefficient (Wildman–Crippen LogP) is 7.33. The number of nitrogens with one attached hydrogen (secondary N) is 1. The normalized spacial score (nSPS) is 11.1. The number of anilines is 2. The molecule has 0 fully saturated rings. The molecule has 3 nitrogen and oxygen atoms in total. The van der Waals surface area contributed by atoms with Crippen LogP contribution in [-0.2, 0) is 0 Å². The minimum absolute atomic E-state index is 0.477. The molecular weight excluding hydrogens is 397 g/mol. The van der Waals surface area contributed by atoms with Gasteiger partial charge in [-0.15, -0.1) is 11.3 Å². The second-order valence-corrected chi connectivity index (χ2v) is 8.45. The van der Waals surface area contributed by atoms with Crippen molar-refractivity contribution in [3.05, 3.63) is 68.8 Å². The molecule has 0 aliphatic carbocycles. The summed E-state index contributed by atoms with van der Waals surface area (Å²) in [5.74, 6) is 0.724. The number of hydrogen-bond acceptors (Lipinski definition) is 4. The Morgan fingerprint density at radius 2 is 1.78 bits per heavy atom. The van der Waals surface area contributed by atoms with Crippen LogP contribution in [0.2, 0.25) is 10.0 Å². The summed E-state index contributed by atoms with van der Waals surface area (Å²) >= 11 is 14.2.